The standard InChI is InChI=1S/C18H22O5/c1-8-5-18(23,9(2)19)7-11-12(8)15(21)13-10(14(11)20)6-17(3,4)16(13)22/h8,20-21,23H,5-7H2,1-4H3. The highest BCUT2D eigenvalue weighted by atomic mass is 16.3. The molecule has 3 N–H and O–H groups in total. The van der Waals surface area contributed by atoms with E-state index in [1.54, 1.807) is 20.8 Å². The zero-order valence-corrected chi connectivity index (χ0v) is 13.9. The molecule has 5 heteroatoms. The van der Waals surface area contributed by atoms with Crippen molar-refractivity contribution in [2.45, 2.75) is 58.5 Å². The van der Waals surface area contributed by atoms with E-state index in [2.05, 4.69) is 0 Å². The third-order valence-corrected chi connectivity index (χ3v) is 5.41. The Morgan fingerprint density at radius 2 is 1.74 bits per heavy atom. The summed E-state index contributed by atoms with van der Waals surface area (Å²) in [6.45, 7) is 6.67. The molecule has 5 nitrogen and oxygen atoms in total. The minimum absolute atomic E-state index is 0.0384. The van der Waals surface area contributed by atoms with Gasteiger partial charge in [-0.05, 0) is 25.7 Å². The summed E-state index contributed by atoms with van der Waals surface area (Å²) in [4.78, 5) is 24.4. The molecule has 2 aliphatic rings. The van der Waals surface area contributed by atoms with Gasteiger partial charge < -0.3 is 15.3 Å². The van der Waals surface area contributed by atoms with Crippen LogP contribution < -0.4 is 0 Å². The number of ketones is 2. The molecule has 124 valence electrons. The zero-order chi connectivity index (χ0) is 17.3. The van der Waals surface area contributed by atoms with Crippen molar-refractivity contribution in [3.63, 3.8) is 0 Å². The highest BCUT2D eigenvalue weighted by molar-refractivity contribution is 6.08. The number of carbonyl (C=O) groups is 2. The molecule has 2 atom stereocenters. The van der Waals surface area contributed by atoms with Gasteiger partial charge in [-0.15, -0.1) is 0 Å². The molecule has 0 fully saturated rings. The molecular formula is C18H22O5. The lowest BCUT2D eigenvalue weighted by Gasteiger charge is -2.36. The van der Waals surface area contributed by atoms with E-state index < -0.39 is 11.0 Å². The first-order valence-corrected chi connectivity index (χ1v) is 7.87. The van der Waals surface area contributed by atoms with Crippen LogP contribution in [0.15, 0.2) is 0 Å². The maximum Gasteiger partial charge on any atom is 0.172 e. The molecule has 0 saturated heterocycles. The Morgan fingerprint density at radius 1 is 1.13 bits per heavy atom. The van der Waals surface area contributed by atoms with Gasteiger partial charge in [-0.25, -0.2) is 0 Å². The van der Waals surface area contributed by atoms with Crippen LogP contribution in [0.2, 0.25) is 0 Å². The SMILES string of the molecule is CC(=O)C1(O)Cc2c(O)c3c(c(O)c2C(C)C1)C(=O)C(C)(C)C3. The quantitative estimate of drug-likeness (QED) is 0.690. The van der Waals surface area contributed by atoms with Crippen LogP contribution in [-0.4, -0.2) is 32.5 Å². The van der Waals surface area contributed by atoms with Crippen LogP contribution in [0.1, 0.15) is 67.1 Å². The number of phenols is 2. The van der Waals surface area contributed by atoms with E-state index in [9.17, 15) is 24.9 Å². The van der Waals surface area contributed by atoms with Crippen LogP contribution in [-0.2, 0) is 17.6 Å². The number of hydrogen-bond donors (Lipinski definition) is 3. The number of benzene rings is 1. The van der Waals surface area contributed by atoms with Crippen LogP contribution >= 0.6 is 0 Å². The Bertz CT molecular complexity index is 747. The van der Waals surface area contributed by atoms with Gasteiger partial charge in [0.15, 0.2) is 11.6 Å². The van der Waals surface area contributed by atoms with E-state index in [1.807, 2.05) is 0 Å². The van der Waals surface area contributed by atoms with Crippen molar-refractivity contribution in [3.05, 3.63) is 22.3 Å². The van der Waals surface area contributed by atoms with Crippen LogP contribution in [0, 0.1) is 5.41 Å². The second kappa shape index (κ2) is 4.57. The Kier molecular flexibility index (Phi) is 3.18. The second-order valence-corrected chi connectivity index (χ2v) is 7.70. The summed E-state index contributed by atoms with van der Waals surface area (Å²) < 4.78 is 0. The number of Topliss-reactive ketones (excluding diaryl/α,β-unsaturated/α-hetero) is 2. The van der Waals surface area contributed by atoms with Crippen molar-refractivity contribution in [1.29, 1.82) is 0 Å². The molecule has 23 heavy (non-hydrogen) atoms. The summed E-state index contributed by atoms with van der Waals surface area (Å²) >= 11 is 0. The van der Waals surface area contributed by atoms with Gasteiger partial charge in [0.2, 0.25) is 0 Å². The van der Waals surface area contributed by atoms with Gasteiger partial charge >= 0.3 is 0 Å². The molecule has 1 aromatic carbocycles. The summed E-state index contributed by atoms with van der Waals surface area (Å²) in [5, 5.41) is 31.9. The monoisotopic (exact) mass is 318 g/mol. The van der Waals surface area contributed by atoms with Crippen molar-refractivity contribution in [1.82, 2.24) is 0 Å². The van der Waals surface area contributed by atoms with Crippen LogP contribution in [0.5, 0.6) is 11.5 Å². The van der Waals surface area contributed by atoms with Gasteiger partial charge in [0.05, 0.1) is 5.56 Å². The number of aliphatic hydroxyl groups is 1. The highest BCUT2D eigenvalue weighted by Crippen LogP contribution is 2.53. The first kappa shape index (κ1) is 16.0. The summed E-state index contributed by atoms with van der Waals surface area (Å²) in [7, 11) is 0. The molecule has 3 rings (SSSR count). The van der Waals surface area contributed by atoms with Gasteiger partial charge in [0, 0.05) is 28.5 Å². The van der Waals surface area contributed by atoms with Crippen molar-refractivity contribution in [2.24, 2.45) is 5.41 Å². The lowest BCUT2D eigenvalue weighted by Crippen LogP contribution is -2.43. The molecule has 2 aliphatic carbocycles. The Morgan fingerprint density at radius 3 is 2.30 bits per heavy atom. The number of aromatic hydroxyl groups is 2. The predicted octanol–water partition coefficient (Wildman–Crippen LogP) is 2.23. The van der Waals surface area contributed by atoms with E-state index in [-0.39, 0.29) is 47.4 Å². The average Bonchev–Trinajstić information content (AvgIpc) is 2.66. The van der Waals surface area contributed by atoms with Crippen LogP contribution in [0.25, 0.3) is 0 Å². The Labute approximate surface area is 135 Å². The third-order valence-electron chi connectivity index (χ3n) is 5.41. The Hall–Kier alpha value is -1.88. The van der Waals surface area contributed by atoms with Crippen molar-refractivity contribution >= 4 is 11.6 Å². The molecule has 1 aromatic rings. The topological polar surface area (TPSA) is 94.8 Å². The molecule has 0 radical (unpaired) electrons. The Balaban J connectivity index is 2.27. The zero-order valence-electron chi connectivity index (χ0n) is 13.9. The molecule has 0 heterocycles. The molecule has 2 unspecified atom stereocenters. The molecule has 0 spiro atoms. The summed E-state index contributed by atoms with van der Waals surface area (Å²) in [6, 6.07) is 0. The number of phenolic OH excluding ortho intramolecular Hbond substituents is 2. The minimum Gasteiger partial charge on any atom is -0.507 e. The molecular weight excluding hydrogens is 296 g/mol. The second-order valence-electron chi connectivity index (χ2n) is 7.70. The van der Waals surface area contributed by atoms with E-state index >= 15 is 0 Å². The fourth-order valence-corrected chi connectivity index (χ4v) is 4.08. The number of hydrogen-bond acceptors (Lipinski definition) is 5. The van der Waals surface area contributed by atoms with Crippen LogP contribution in [0.3, 0.4) is 0 Å². The van der Waals surface area contributed by atoms with Gasteiger partial charge in [-0.1, -0.05) is 20.8 Å². The fraction of sp³-hybridized carbons (Fsp3) is 0.556. The van der Waals surface area contributed by atoms with Crippen molar-refractivity contribution in [3.8, 4) is 11.5 Å². The molecule has 0 amide bonds. The normalized spacial score (nSPS) is 28.4. The first-order chi connectivity index (χ1) is 10.5. The van der Waals surface area contributed by atoms with E-state index in [1.165, 1.54) is 6.92 Å². The molecule has 0 aliphatic heterocycles. The van der Waals surface area contributed by atoms with Gasteiger partial charge in [-0.3, -0.25) is 9.59 Å². The smallest absolute Gasteiger partial charge is 0.172 e. The summed E-state index contributed by atoms with van der Waals surface area (Å²) in [6.07, 6.45) is 0.461. The number of carbonyl (C=O) groups excluding carboxylic acids is 2. The number of rotatable bonds is 1. The van der Waals surface area contributed by atoms with Gasteiger partial charge in [-0.2, -0.15) is 0 Å². The lowest BCUT2D eigenvalue weighted by atomic mass is 9.71. The maximum absolute atomic E-state index is 12.5. The molecule has 0 bridgehead atoms. The van der Waals surface area contributed by atoms with E-state index in [4.69, 9.17) is 0 Å². The minimum atomic E-state index is -1.54. The van der Waals surface area contributed by atoms with E-state index in [0.717, 1.165) is 0 Å². The average molecular weight is 318 g/mol. The lowest BCUT2D eigenvalue weighted by molar-refractivity contribution is -0.136. The van der Waals surface area contributed by atoms with Crippen molar-refractivity contribution in [2.75, 3.05) is 0 Å². The predicted molar refractivity (Wildman–Crippen MR) is 84.0 cm³/mol. The first-order valence-electron chi connectivity index (χ1n) is 7.87. The third kappa shape index (κ3) is 2.02. The highest BCUT2D eigenvalue weighted by Gasteiger charge is 2.47. The maximum atomic E-state index is 12.5. The van der Waals surface area contributed by atoms with Crippen LogP contribution in [0.4, 0.5) is 0 Å². The largest absolute Gasteiger partial charge is 0.507 e. The van der Waals surface area contributed by atoms with E-state index in [0.29, 0.717) is 23.1 Å². The van der Waals surface area contributed by atoms with Crippen molar-refractivity contribution < 1.29 is 24.9 Å². The summed E-state index contributed by atoms with van der Waals surface area (Å²) in [5.74, 6) is -1.02. The van der Waals surface area contributed by atoms with Gasteiger partial charge in [0.1, 0.15) is 17.1 Å². The molecule has 0 aromatic heterocycles. The molecule has 0 saturated carbocycles. The summed E-state index contributed by atoms with van der Waals surface area (Å²) in [5.41, 5.74) is -0.714. The van der Waals surface area contributed by atoms with Gasteiger partial charge in [0.25, 0.3) is 0 Å². The number of fused-ring (bicyclic) bond motifs is 2. The fourth-order valence-electron chi connectivity index (χ4n) is 4.08.